The molecule has 1 aromatic heterocycles. The molecular formula is C14H22N4S. The van der Waals surface area contributed by atoms with E-state index in [2.05, 4.69) is 40.8 Å². The Labute approximate surface area is 119 Å². The Balaban J connectivity index is 1.95. The predicted molar refractivity (Wildman–Crippen MR) is 82.4 cm³/mol. The third kappa shape index (κ3) is 2.66. The maximum atomic E-state index is 4.87. The average Bonchev–Trinajstić information content (AvgIpc) is 3.23. The lowest BCUT2D eigenvalue weighted by atomic mass is 10.2. The first-order chi connectivity index (χ1) is 9.19. The summed E-state index contributed by atoms with van der Waals surface area (Å²) < 4.78 is 0. The Morgan fingerprint density at radius 1 is 1.32 bits per heavy atom. The topological polar surface area (TPSA) is 41.1 Å². The molecule has 104 valence electrons. The number of aromatic nitrogens is 2. The van der Waals surface area contributed by atoms with Gasteiger partial charge in [-0.3, -0.25) is 0 Å². The molecule has 1 N–H and O–H groups in total. The van der Waals surface area contributed by atoms with E-state index in [4.69, 9.17) is 4.98 Å². The highest BCUT2D eigenvalue weighted by atomic mass is 32.2. The molecule has 1 aromatic rings. The molecule has 0 aromatic carbocycles. The van der Waals surface area contributed by atoms with Crippen LogP contribution in [0.15, 0.2) is 0 Å². The fourth-order valence-corrected chi connectivity index (χ4v) is 3.62. The molecule has 19 heavy (non-hydrogen) atoms. The summed E-state index contributed by atoms with van der Waals surface area (Å²) in [5.74, 6) is 4.98. The maximum Gasteiger partial charge on any atom is 0.137 e. The minimum Gasteiger partial charge on any atom is -0.373 e. The zero-order valence-corrected chi connectivity index (χ0v) is 12.8. The van der Waals surface area contributed by atoms with Gasteiger partial charge in [-0.1, -0.05) is 6.92 Å². The fourth-order valence-electron chi connectivity index (χ4n) is 2.61. The molecule has 2 fully saturated rings. The lowest BCUT2D eigenvalue weighted by Gasteiger charge is -2.33. The molecule has 0 amide bonds. The van der Waals surface area contributed by atoms with E-state index in [9.17, 15) is 0 Å². The van der Waals surface area contributed by atoms with Crippen LogP contribution in [-0.4, -0.2) is 41.1 Å². The molecule has 1 saturated carbocycles. The van der Waals surface area contributed by atoms with Crippen molar-refractivity contribution in [2.45, 2.75) is 37.9 Å². The van der Waals surface area contributed by atoms with Crippen molar-refractivity contribution < 1.29 is 0 Å². The molecule has 0 radical (unpaired) electrons. The van der Waals surface area contributed by atoms with Gasteiger partial charge in [-0.2, -0.15) is 11.8 Å². The normalized spacial score (nSPS) is 23.5. The van der Waals surface area contributed by atoms with Crippen LogP contribution in [0.1, 0.15) is 37.1 Å². The highest BCUT2D eigenvalue weighted by molar-refractivity contribution is 8.00. The van der Waals surface area contributed by atoms with Crippen LogP contribution in [0.3, 0.4) is 0 Å². The summed E-state index contributed by atoms with van der Waals surface area (Å²) in [5.41, 5.74) is 1.19. The molecule has 1 unspecified atom stereocenters. The average molecular weight is 278 g/mol. The van der Waals surface area contributed by atoms with E-state index < -0.39 is 0 Å². The van der Waals surface area contributed by atoms with Gasteiger partial charge >= 0.3 is 0 Å². The summed E-state index contributed by atoms with van der Waals surface area (Å²) in [4.78, 5) is 12.0. The van der Waals surface area contributed by atoms with Gasteiger partial charge in [-0.05, 0) is 19.8 Å². The number of hydrogen-bond donors (Lipinski definition) is 1. The van der Waals surface area contributed by atoms with E-state index in [0.717, 1.165) is 30.5 Å². The van der Waals surface area contributed by atoms with Crippen LogP contribution in [0.5, 0.6) is 0 Å². The van der Waals surface area contributed by atoms with Crippen LogP contribution in [0.4, 0.5) is 11.6 Å². The van der Waals surface area contributed by atoms with Crippen molar-refractivity contribution >= 4 is 23.4 Å². The second kappa shape index (κ2) is 5.19. The van der Waals surface area contributed by atoms with Gasteiger partial charge in [0, 0.05) is 42.6 Å². The third-order valence-electron chi connectivity index (χ3n) is 3.86. The molecule has 1 atom stereocenters. The van der Waals surface area contributed by atoms with Crippen molar-refractivity contribution in [3.63, 3.8) is 0 Å². The molecular weight excluding hydrogens is 256 g/mol. The number of hydrogen-bond acceptors (Lipinski definition) is 5. The van der Waals surface area contributed by atoms with Gasteiger partial charge in [0.2, 0.25) is 0 Å². The van der Waals surface area contributed by atoms with Gasteiger partial charge in [0.15, 0.2) is 0 Å². The minimum absolute atomic E-state index is 0.600. The zero-order chi connectivity index (χ0) is 13.4. The smallest absolute Gasteiger partial charge is 0.137 e. The molecule has 2 heterocycles. The van der Waals surface area contributed by atoms with E-state index in [1.165, 1.54) is 24.2 Å². The number of thioether (sulfide) groups is 1. The summed E-state index contributed by atoms with van der Waals surface area (Å²) >= 11 is 2.05. The summed E-state index contributed by atoms with van der Waals surface area (Å²) in [5, 5.41) is 3.91. The second-order valence-corrected chi connectivity index (χ2v) is 7.08. The Hall–Kier alpha value is -0.970. The first-order valence-electron chi connectivity index (χ1n) is 7.12. The van der Waals surface area contributed by atoms with Crippen LogP contribution < -0.4 is 10.2 Å². The standard InChI is InChI=1S/C14H22N4S/c1-9-8-18(6-7-19-9)14-10(2)12(15-3)16-13(17-14)11-4-5-11/h9,11H,4-8H2,1-3H3,(H,15,16,17). The van der Waals surface area contributed by atoms with Gasteiger partial charge in [-0.25, -0.2) is 9.97 Å². The molecule has 0 bridgehead atoms. The molecule has 1 saturated heterocycles. The number of rotatable bonds is 3. The van der Waals surface area contributed by atoms with Crippen LogP contribution in [0.2, 0.25) is 0 Å². The zero-order valence-electron chi connectivity index (χ0n) is 11.9. The quantitative estimate of drug-likeness (QED) is 0.920. The molecule has 5 heteroatoms. The highest BCUT2D eigenvalue weighted by Gasteiger charge is 2.29. The molecule has 3 rings (SSSR count). The first-order valence-corrected chi connectivity index (χ1v) is 8.16. The summed E-state index contributed by atoms with van der Waals surface area (Å²) in [6, 6.07) is 0. The summed E-state index contributed by atoms with van der Waals surface area (Å²) in [6.07, 6.45) is 2.50. The second-order valence-electron chi connectivity index (χ2n) is 5.53. The van der Waals surface area contributed by atoms with Crippen LogP contribution in [0, 0.1) is 6.92 Å². The van der Waals surface area contributed by atoms with Crippen LogP contribution in [-0.2, 0) is 0 Å². The fraction of sp³-hybridized carbons (Fsp3) is 0.714. The van der Waals surface area contributed by atoms with E-state index in [-0.39, 0.29) is 0 Å². The summed E-state index contributed by atoms with van der Waals surface area (Å²) in [7, 11) is 1.95. The monoisotopic (exact) mass is 278 g/mol. The number of nitrogens with one attached hydrogen (secondary N) is 1. The minimum atomic E-state index is 0.600. The van der Waals surface area contributed by atoms with Crippen molar-refractivity contribution in [2.75, 3.05) is 36.1 Å². The largest absolute Gasteiger partial charge is 0.373 e. The molecule has 2 aliphatic rings. The molecule has 0 spiro atoms. The third-order valence-corrected chi connectivity index (χ3v) is 4.99. The Bertz CT molecular complexity index is 473. The highest BCUT2D eigenvalue weighted by Crippen LogP contribution is 2.40. The predicted octanol–water partition coefficient (Wildman–Crippen LogP) is 2.65. The number of anilines is 2. The van der Waals surface area contributed by atoms with E-state index in [1.54, 1.807) is 0 Å². The Morgan fingerprint density at radius 2 is 2.11 bits per heavy atom. The first kappa shape index (κ1) is 13.0. The molecule has 1 aliphatic carbocycles. The van der Waals surface area contributed by atoms with Gasteiger partial charge in [0.25, 0.3) is 0 Å². The Kier molecular flexibility index (Phi) is 3.56. The number of nitrogens with zero attached hydrogens (tertiary/aromatic N) is 3. The van der Waals surface area contributed by atoms with Crippen molar-refractivity contribution in [2.24, 2.45) is 0 Å². The van der Waals surface area contributed by atoms with Crippen molar-refractivity contribution in [1.82, 2.24) is 9.97 Å². The van der Waals surface area contributed by atoms with Crippen molar-refractivity contribution in [1.29, 1.82) is 0 Å². The van der Waals surface area contributed by atoms with E-state index in [0.29, 0.717) is 11.2 Å². The lowest BCUT2D eigenvalue weighted by Crippen LogP contribution is -2.38. The van der Waals surface area contributed by atoms with Crippen molar-refractivity contribution in [3.8, 4) is 0 Å². The molecule has 4 nitrogen and oxygen atoms in total. The lowest BCUT2D eigenvalue weighted by molar-refractivity contribution is 0.755. The van der Waals surface area contributed by atoms with E-state index >= 15 is 0 Å². The summed E-state index contributed by atoms with van der Waals surface area (Å²) in [6.45, 7) is 6.62. The van der Waals surface area contributed by atoms with Gasteiger partial charge in [0.05, 0.1) is 0 Å². The van der Waals surface area contributed by atoms with E-state index in [1.807, 2.05) is 7.05 Å². The van der Waals surface area contributed by atoms with Gasteiger partial charge < -0.3 is 10.2 Å². The van der Waals surface area contributed by atoms with Crippen LogP contribution >= 0.6 is 11.8 Å². The van der Waals surface area contributed by atoms with Gasteiger partial charge in [0.1, 0.15) is 17.5 Å². The molecule has 1 aliphatic heterocycles. The van der Waals surface area contributed by atoms with Crippen LogP contribution in [0.25, 0.3) is 0 Å². The van der Waals surface area contributed by atoms with Gasteiger partial charge in [-0.15, -0.1) is 0 Å². The maximum absolute atomic E-state index is 4.87. The Morgan fingerprint density at radius 3 is 2.74 bits per heavy atom. The SMILES string of the molecule is CNc1nc(C2CC2)nc(N2CCSC(C)C2)c1C. The van der Waals surface area contributed by atoms with Crippen molar-refractivity contribution in [3.05, 3.63) is 11.4 Å².